The normalized spacial score (nSPS) is 9.93. The van der Waals surface area contributed by atoms with Crippen LogP contribution < -0.4 is 26.2 Å². The molecule has 0 aliphatic carbocycles. The van der Waals surface area contributed by atoms with Crippen LogP contribution in [0.1, 0.15) is 18.4 Å². The molecule has 0 aliphatic rings. The van der Waals surface area contributed by atoms with Gasteiger partial charge in [0, 0.05) is 23.6 Å². The molecule has 30 heavy (non-hydrogen) atoms. The molecule has 0 radical (unpaired) electrons. The molecule has 8 nitrogen and oxygen atoms in total. The predicted octanol–water partition coefficient (Wildman–Crippen LogP) is 2.47. The Morgan fingerprint density at radius 2 is 1.63 bits per heavy atom. The fourth-order valence-electron chi connectivity index (χ4n) is 2.23. The maximum Gasteiger partial charge on any atom is 0.264 e. The Balaban J connectivity index is 1.63. The van der Waals surface area contributed by atoms with E-state index in [2.05, 4.69) is 21.5 Å². The van der Waals surface area contributed by atoms with Crippen molar-refractivity contribution < 1.29 is 19.1 Å². The highest BCUT2D eigenvalue weighted by Crippen LogP contribution is 2.23. The number of benzene rings is 2. The number of nitrogens with one attached hydrogen (secondary N) is 4. The first kappa shape index (κ1) is 23.1. The second-order valence-corrected chi connectivity index (χ2v) is 6.93. The van der Waals surface area contributed by atoms with Crippen LogP contribution in [-0.4, -0.2) is 29.4 Å². The predicted molar refractivity (Wildman–Crippen MR) is 118 cm³/mol. The van der Waals surface area contributed by atoms with Gasteiger partial charge >= 0.3 is 0 Å². The third kappa shape index (κ3) is 8.06. The quantitative estimate of drug-likeness (QED) is 0.383. The monoisotopic (exact) mass is 448 g/mol. The molecule has 158 valence electrons. The smallest absolute Gasteiger partial charge is 0.264 e. The SMILES string of the molecule is Cc1c(Cl)cccc1NC(=O)CCC(=O)NNC(=S)NC(=O)COc1ccccc1. The van der Waals surface area contributed by atoms with Crippen molar-refractivity contribution in [2.75, 3.05) is 11.9 Å². The number of carbonyl (C=O) groups is 3. The summed E-state index contributed by atoms with van der Waals surface area (Å²) in [6.45, 7) is 1.55. The van der Waals surface area contributed by atoms with Crippen LogP contribution in [0.4, 0.5) is 5.69 Å². The fourth-order valence-corrected chi connectivity index (χ4v) is 2.57. The summed E-state index contributed by atoms with van der Waals surface area (Å²) in [7, 11) is 0. The number of thiocarbonyl (C=S) groups is 1. The molecule has 3 amide bonds. The first-order valence-corrected chi connectivity index (χ1v) is 9.75. The highest BCUT2D eigenvalue weighted by molar-refractivity contribution is 7.80. The summed E-state index contributed by atoms with van der Waals surface area (Å²) < 4.78 is 5.28. The van der Waals surface area contributed by atoms with Crippen LogP contribution >= 0.6 is 23.8 Å². The van der Waals surface area contributed by atoms with Crippen LogP contribution in [0.15, 0.2) is 48.5 Å². The van der Waals surface area contributed by atoms with Crippen molar-refractivity contribution in [2.24, 2.45) is 0 Å². The zero-order valence-corrected chi connectivity index (χ0v) is 17.7. The molecule has 10 heteroatoms. The fraction of sp³-hybridized carbons (Fsp3) is 0.200. The van der Waals surface area contributed by atoms with Gasteiger partial charge < -0.3 is 10.1 Å². The highest BCUT2D eigenvalue weighted by Gasteiger charge is 2.11. The number of hydrazine groups is 1. The number of anilines is 1. The molecule has 0 saturated carbocycles. The largest absolute Gasteiger partial charge is 0.484 e. The lowest BCUT2D eigenvalue weighted by molar-refractivity contribution is -0.125. The Bertz CT molecular complexity index is 924. The number of ether oxygens (including phenoxy) is 1. The van der Waals surface area contributed by atoms with E-state index in [1.807, 2.05) is 6.07 Å². The summed E-state index contributed by atoms with van der Waals surface area (Å²) in [5.41, 5.74) is 6.05. The molecule has 0 heterocycles. The molecule has 2 aromatic rings. The van der Waals surface area contributed by atoms with Crippen molar-refractivity contribution in [1.82, 2.24) is 16.2 Å². The van der Waals surface area contributed by atoms with Crippen LogP contribution in [-0.2, 0) is 14.4 Å². The van der Waals surface area contributed by atoms with E-state index in [1.54, 1.807) is 49.4 Å². The van der Waals surface area contributed by atoms with E-state index in [0.717, 1.165) is 5.56 Å². The van der Waals surface area contributed by atoms with E-state index >= 15 is 0 Å². The van der Waals surface area contributed by atoms with E-state index in [9.17, 15) is 14.4 Å². The Morgan fingerprint density at radius 1 is 0.933 bits per heavy atom. The average molecular weight is 449 g/mol. The van der Waals surface area contributed by atoms with Gasteiger partial charge in [-0.25, -0.2) is 0 Å². The van der Waals surface area contributed by atoms with Gasteiger partial charge in [0.2, 0.25) is 11.8 Å². The van der Waals surface area contributed by atoms with Gasteiger partial charge in [0.1, 0.15) is 5.75 Å². The van der Waals surface area contributed by atoms with Crippen molar-refractivity contribution in [3.05, 3.63) is 59.1 Å². The second kappa shape index (κ2) is 11.7. The van der Waals surface area contributed by atoms with Crippen molar-refractivity contribution in [2.45, 2.75) is 19.8 Å². The van der Waals surface area contributed by atoms with Gasteiger partial charge in [-0.05, 0) is 49.0 Å². The lowest BCUT2D eigenvalue weighted by Crippen LogP contribution is -2.49. The Labute approximate surface area is 184 Å². The maximum absolute atomic E-state index is 12.0. The molecule has 2 rings (SSSR count). The molecule has 0 atom stereocenters. The molecule has 0 saturated heterocycles. The van der Waals surface area contributed by atoms with Gasteiger partial charge in [-0.3, -0.25) is 30.6 Å². The zero-order chi connectivity index (χ0) is 21.9. The molecule has 0 aromatic heterocycles. The lowest BCUT2D eigenvalue weighted by atomic mass is 10.2. The van der Waals surface area contributed by atoms with E-state index in [0.29, 0.717) is 16.5 Å². The zero-order valence-electron chi connectivity index (χ0n) is 16.2. The molecule has 2 aromatic carbocycles. The number of hydrogen-bond donors (Lipinski definition) is 4. The van der Waals surface area contributed by atoms with E-state index in [-0.39, 0.29) is 30.5 Å². The molecule has 4 N–H and O–H groups in total. The minimum Gasteiger partial charge on any atom is -0.484 e. The van der Waals surface area contributed by atoms with E-state index in [1.165, 1.54) is 0 Å². The van der Waals surface area contributed by atoms with Crippen LogP contribution in [0.25, 0.3) is 0 Å². The van der Waals surface area contributed by atoms with Crippen molar-refractivity contribution in [3.63, 3.8) is 0 Å². The number of carbonyl (C=O) groups excluding carboxylic acids is 3. The van der Waals surface area contributed by atoms with E-state index < -0.39 is 11.8 Å². The van der Waals surface area contributed by atoms with Gasteiger partial charge in [0.25, 0.3) is 5.91 Å². The molecule has 0 spiro atoms. The summed E-state index contributed by atoms with van der Waals surface area (Å²) in [6.07, 6.45) is -0.115. The summed E-state index contributed by atoms with van der Waals surface area (Å²) in [6, 6.07) is 14.0. The van der Waals surface area contributed by atoms with Crippen LogP contribution in [0.2, 0.25) is 5.02 Å². The second-order valence-electron chi connectivity index (χ2n) is 6.11. The van der Waals surface area contributed by atoms with Gasteiger partial charge in [-0.2, -0.15) is 0 Å². The van der Waals surface area contributed by atoms with E-state index in [4.69, 9.17) is 28.6 Å². The summed E-state index contributed by atoms with van der Waals surface area (Å²) in [4.78, 5) is 35.6. The highest BCUT2D eigenvalue weighted by atomic mass is 35.5. The van der Waals surface area contributed by atoms with Gasteiger partial charge in [-0.15, -0.1) is 0 Å². The van der Waals surface area contributed by atoms with Crippen LogP contribution in [0.5, 0.6) is 5.75 Å². The minimum atomic E-state index is -0.484. The summed E-state index contributed by atoms with van der Waals surface area (Å²) in [5, 5.41) is 5.52. The van der Waals surface area contributed by atoms with Gasteiger partial charge in [-0.1, -0.05) is 35.9 Å². The molecule has 0 unspecified atom stereocenters. The third-order valence-electron chi connectivity index (χ3n) is 3.80. The Morgan fingerprint density at radius 3 is 2.37 bits per heavy atom. The Hall–Kier alpha value is -3.17. The average Bonchev–Trinajstić information content (AvgIpc) is 2.73. The first-order chi connectivity index (χ1) is 14.3. The van der Waals surface area contributed by atoms with Crippen molar-refractivity contribution in [1.29, 1.82) is 0 Å². The molecular weight excluding hydrogens is 428 g/mol. The number of para-hydroxylation sites is 1. The van der Waals surface area contributed by atoms with Gasteiger partial charge in [0.15, 0.2) is 11.7 Å². The minimum absolute atomic E-state index is 0.0382. The molecule has 0 fully saturated rings. The topological polar surface area (TPSA) is 109 Å². The molecule has 0 aliphatic heterocycles. The van der Waals surface area contributed by atoms with Crippen molar-refractivity contribution >= 4 is 52.3 Å². The number of amides is 3. The number of rotatable bonds is 7. The van der Waals surface area contributed by atoms with Crippen molar-refractivity contribution in [3.8, 4) is 5.75 Å². The van der Waals surface area contributed by atoms with Gasteiger partial charge in [0.05, 0.1) is 0 Å². The summed E-state index contributed by atoms with van der Waals surface area (Å²) in [5.74, 6) is -0.734. The molecule has 0 bridgehead atoms. The standard InChI is InChI=1S/C20H21ClN4O4S/c1-13-15(21)8-5-9-16(13)22-17(26)10-11-18(27)24-25-20(30)23-19(28)12-29-14-6-3-2-4-7-14/h2-9H,10-12H2,1H3,(H,22,26)(H,24,27)(H2,23,25,28,30). The van der Waals surface area contributed by atoms with Crippen LogP contribution in [0.3, 0.4) is 0 Å². The summed E-state index contributed by atoms with van der Waals surface area (Å²) >= 11 is 10.9. The first-order valence-electron chi connectivity index (χ1n) is 8.96. The van der Waals surface area contributed by atoms with Crippen LogP contribution in [0, 0.1) is 6.92 Å². The lowest BCUT2D eigenvalue weighted by Gasteiger charge is -2.12. The third-order valence-corrected chi connectivity index (χ3v) is 4.42. The number of halogens is 1. The number of hydrogen-bond acceptors (Lipinski definition) is 5. The Kier molecular flexibility index (Phi) is 9.04. The molecular formula is C20H21ClN4O4S. The maximum atomic E-state index is 12.0.